The number of benzene rings is 2. The van der Waals surface area contributed by atoms with Crippen molar-refractivity contribution in [3.05, 3.63) is 118 Å². The zero-order chi connectivity index (χ0) is 48.9. The van der Waals surface area contributed by atoms with Gasteiger partial charge in [-0.3, -0.25) is 0 Å². The van der Waals surface area contributed by atoms with E-state index in [-0.39, 0.29) is 40.9 Å². The zero-order valence-corrected chi connectivity index (χ0v) is 38.9. The predicted molar refractivity (Wildman–Crippen MR) is 247 cm³/mol. The third-order valence-electron chi connectivity index (χ3n) is 13.1. The Labute approximate surface area is 387 Å². The predicted octanol–water partition coefficient (Wildman–Crippen LogP) is 9.76. The molecule has 4 aliphatic rings. The highest BCUT2D eigenvalue weighted by atomic mass is 16.8. The second kappa shape index (κ2) is 18.5. The number of aromatic hydroxyl groups is 1. The summed E-state index contributed by atoms with van der Waals surface area (Å²) < 4.78 is 63.5. The molecule has 0 aliphatic carbocycles. The van der Waals surface area contributed by atoms with Gasteiger partial charge in [-0.25, -0.2) is 19.2 Å². The number of aryl methyl sites for hydroxylation is 2. The number of carbonyl (C=O) groups is 2. The van der Waals surface area contributed by atoms with E-state index in [1.54, 1.807) is 70.2 Å². The molecule has 0 bridgehead atoms. The number of allylic oxidation sites excluding steroid dienone is 2. The first-order chi connectivity index (χ1) is 31.7. The van der Waals surface area contributed by atoms with Crippen molar-refractivity contribution in [2.75, 3.05) is 6.61 Å². The summed E-state index contributed by atoms with van der Waals surface area (Å²) in [5.41, 5.74) is 0.122. The van der Waals surface area contributed by atoms with Crippen LogP contribution in [-0.4, -0.2) is 72.2 Å². The van der Waals surface area contributed by atoms with Crippen LogP contribution in [0, 0.1) is 25.7 Å². The molecule has 0 spiro atoms. The molecular formula is C51H56O16. The summed E-state index contributed by atoms with van der Waals surface area (Å²) in [5.74, 6) is 0.615. The van der Waals surface area contributed by atoms with E-state index in [1.807, 2.05) is 27.7 Å². The fourth-order valence-electron chi connectivity index (χ4n) is 9.02. The van der Waals surface area contributed by atoms with E-state index in [1.165, 1.54) is 0 Å². The maximum absolute atomic E-state index is 12.8. The molecule has 16 heteroatoms. The van der Waals surface area contributed by atoms with Crippen LogP contribution < -0.4 is 25.5 Å². The minimum absolute atomic E-state index is 0.0354. The molecule has 6 heterocycles. The largest absolute Gasteiger partial charge is 0.509 e. The number of hydrogen-bond acceptors (Lipinski definition) is 16. The smallest absolute Gasteiger partial charge is 0.506 e. The normalized spacial score (nSPS) is 28.3. The molecule has 0 saturated carbocycles. The van der Waals surface area contributed by atoms with E-state index in [0.29, 0.717) is 68.7 Å². The van der Waals surface area contributed by atoms with Crippen LogP contribution in [-0.2, 0) is 28.4 Å². The highest BCUT2D eigenvalue weighted by Gasteiger charge is 2.59. The van der Waals surface area contributed by atoms with Crippen molar-refractivity contribution in [3.63, 3.8) is 0 Å². The quantitative estimate of drug-likeness (QED) is 0.0754. The first-order valence-corrected chi connectivity index (χ1v) is 21.8. The third kappa shape index (κ3) is 8.71. The Kier molecular flexibility index (Phi) is 13.3. The lowest BCUT2D eigenvalue weighted by Gasteiger charge is -2.46. The summed E-state index contributed by atoms with van der Waals surface area (Å²) in [6.07, 6.45) is 0.0762. The molecule has 4 aromatic rings. The van der Waals surface area contributed by atoms with Gasteiger partial charge in [0.05, 0.1) is 22.0 Å². The summed E-state index contributed by atoms with van der Waals surface area (Å²) in [5, 5.41) is 11.5. The van der Waals surface area contributed by atoms with Gasteiger partial charge in [-0.15, -0.1) is 13.2 Å². The monoisotopic (exact) mass is 924 g/mol. The van der Waals surface area contributed by atoms with Gasteiger partial charge in [-0.05, 0) is 89.8 Å². The molecule has 1 N–H and O–H groups in total. The zero-order valence-electron chi connectivity index (χ0n) is 38.9. The standard InChI is InChI=1S/C27H30O8.C24H26O8/c1-8-12-27(7)16(6)21-23(34-26(29)33-21)25(35-27)31-18-11-10-17-20(15(18)5)32-24(28)19(14(3)4)22(17)30-13-9-2;1-7-10-24(6)13(5)19-20(31-23(27)30-19)22(32-24)28-15-9-8-14-17(25)16(11(2)3)21(26)29-18(14)12(15)4/h8-11,16,21,23,25H,1-3,12-13H2,4-7H3;7-9,13,19-20,22,25H,1-2,10H2,3-6H3/t16-,21-,23-,25?,27+;13-,19-,20-,22?,24+/m11/s1. The Morgan fingerprint density at radius 1 is 0.657 bits per heavy atom. The fourth-order valence-corrected chi connectivity index (χ4v) is 9.02. The molecule has 10 atom stereocenters. The van der Waals surface area contributed by atoms with E-state index in [2.05, 4.69) is 32.9 Å². The molecule has 4 fully saturated rings. The Bertz CT molecular complexity index is 2820. The lowest BCUT2D eigenvalue weighted by Crippen LogP contribution is -2.59. The van der Waals surface area contributed by atoms with Crippen LogP contribution >= 0.6 is 0 Å². The van der Waals surface area contributed by atoms with Crippen molar-refractivity contribution in [3.8, 4) is 23.0 Å². The van der Waals surface area contributed by atoms with Crippen LogP contribution in [0.5, 0.6) is 23.0 Å². The summed E-state index contributed by atoms with van der Waals surface area (Å²) >= 11 is 0. The first-order valence-electron chi connectivity index (χ1n) is 21.8. The Hall–Kier alpha value is -6.78. The maximum atomic E-state index is 12.8. The molecule has 16 nitrogen and oxygen atoms in total. The number of ether oxygens (including phenoxy) is 9. The van der Waals surface area contributed by atoms with Gasteiger partial charge >= 0.3 is 23.6 Å². The average Bonchev–Trinajstić information content (AvgIpc) is 3.86. The van der Waals surface area contributed by atoms with E-state index in [9.17, 15) is 24.3 Å². The van der Waals surface area contributed by atoms with Crippen LogP contribution in [0.2, 0.25) is 0 Å². The van der Waals surface area contributed by atoms with Crippen LogP contribution in [0.15, 0.2) is 93.8 Å². The minimum Gasteiger partial charge on any atom is -0.506 e. The lowest BCUT2D eigenvalue weighted by molar-refractivity contribution is -0.265. The van der Waals surface area contributed by atoms with Gasteiger partial charge in [0.1, 0.15) is 51.9 Å². The molecular weight excluding hydrogens is 869 g/mol. The van der Waals surface area contributed by atoms with Crippen LogP contribution in [0.4, 0.5) is 9.59 Å². The topological polar surface area (TPSA) is 198 Å². The number of fused-ring (bicyclic) bond motifs is 4. The van der Waals surface area contributed by atoms with Crippen molar-refractivity contribution < 1.29 is 66.2 Å². The van der Waals surface area contributed by atoms with Crippen molar-refractivity contribution in [1.82, 2.24) is 0 Å². The lowest BCUT2D eigenvalue weighted by atomic mass is 9.79. The molecule has 67 heavy (non-hydrogen) atoms. The molecule has 0 radical (unpaired) electrons. The van der Waals surface area contributed by atoms with E-state index < -0.39 is 71.8 Å². The Morgan fingerprint density at radius 3 is 1.51 bits per heavy atom. The number of hydrogen-bond donors (Lipinski definition) is 1. The highest BCUT2D eigenvalue weighted by molar-refractivity contribution is 5.92. The van der Waals surface area contributed by atoms with Crippen molar-refractivity contribution in [1.29, 1.82) is 0 Å². The number of rotatable bonds is 13. The molecule has 2 aromatic carbocycles. The van der Waals surface area contributed by atoms with Gasteiger partial charge in [-0.1, -0.05) is 51.8 Å². The summed E-state index contributed by atoms with van der Waals surface area (Å²) in [6.45, 7) is 33.6. The average molecular weight is 925 g/mol. The maximum Gasteiger partial charge on any atom is 0.509 e. The second-order valence-corrected chi connectivity index (χ2v) is 17.7. The molecule has 8 rings (SSSR count). The first kappa shape index (κ1) is 48.2. The van der Waals surface area contributed by atoms with Crippen LogP contribution in [0.3, 0.4) is 0 Å². The molecule has 356 valence electrons. The minimum atomic E-state index is -0.959. The van der Waals surface area contributed by atoms with Gasteiger partial charge in [0.2, 0.25) is 24.8 Å². The van der Waals surface area contributed by atoms with Gasteiger partial charge in [0.15, 0.2) is 12.2 Å². The van der Waals surface area contributed by atoms with Crippen LogP contribution in [0.1, 0.15) is 76.6 Å². The second-order valence-electron chi connectivity index (χ2n) is 17.7. The van der Waals surface area contributed by atoms with Gasteiger partial charge in [0.25, 0.3) is 0 Å². The molecule has 2 aromatic heterocycles. The molecule has 2 unspecified atom stereocenters. The molecule has 0 amide bonds. The summed E-state index contributed by atoms with van der Waals surface area (Å²) in [7, 11) is 0. The van der Waals surface area contributed by atoms with Crippen molar-refractivity contribution in [2.24, 2.45) is 11.8 Å². The fraction of sp³-hybridized carbons (Fsp3) is 0.412. The van der Waals surface area contributed by atoms with E-state index >= 15 is 0 Å². The summed E-state index contributed by atoms with van der Waals surface area (Å²) in [4.78, 5) is 49.0. The SMILES string of the molecule is C=CCOc1c(C(=C)C)c(=O)oc2c(C)c(OC3O[C@@](C)(CC=C)[C@H](C)[C@H]4OC(=O)O[C@@H]34)ccc12.C=CC[C@]1(C)OC(Oc2ccc3c(O)c(C(=C)C)c(=O)oc3c2C)[C@@H]2OC(=O)O[C@@H]2[C@H]1C. The van der Waals surface area contributed by atoms with E-state index in [4.69, 9.17) is 51.5 Å². The summed E-state index contributed by atoms with van der Waals surface area (Å²) in [6, 6.07) is 6.71. The Morgan fingerprint density at radius 2 is 1.07 bits per heavy atom. The van der Waals surface area contributed by atoms with Gasteiger partial charge in [-0.2, -0.15) is 0 Å². The van der Waals surface area contributed by atoms with Crippen molar-refractivity contribution in [2.45, 2.75) is 116 Å². The third-order valence-corrected chi connectivity index (χ3v) is 13.1. The number of carbonyl (C=O) groups excluding carboxylic acids is 2. The highest BCUT2D eigenvalue weighted by Crippen LogP contribution is 2.46. The van der Waals surface area contributed by atoms with Gasteiger partial charge < -0.3 is 56.6 Å². The molecule has 4 saturated heterocycles. The Balaban J connectivity index is 0.000000200. The van der Waals surface area contributed by atoms with Crippen molar-refractivity contribution >= 4 is 45.4 Å². The van der Waals surface area contributed by atoms with E-state index in [0.717, 1.165) is 0 Å². The van der Waals surface area contributed by atoms with Crippen LogP contribution in [0.25, 0.3) is 33.1 Å². The molecule has 4 aliphatic heterocycles. The van der Waals surface area contributed by atoms with Gasteiger partial charge in [0, 0.05) is 23.0 Å².